The molecule has 6 nitrogen and oxygen atoms in total. The highest BCUT2D eigenvalue weighted by Crippen LogP contribution is 2.68. The molecule has 4 rings (SSSR count). The summed E-state index contributed by atoms with van der Waals surface area (Å²) in [6.07, 6.45) is 7.55. The van der Waals surface area contributed by atoms with Gasteiger partial charge in [-0.1, -0.05) is 20.8 Å². The standard InChI is InChI=1S/C27H48N2O4.ClH/c1-16(5-8-24(33)29-12-4-11-28)19-6-7-20-25-21(15-23(32)27(19,20)3)26(2)10-9-18(30)13-17(26)14-22(25)31;/h16-23,25,30-32H,4-15,28H2,1-3H3,(H,29,33);1H/t16-,17+,18-,19-,20+,21+,22-,23+,25+,26+,27-;/m1./s1. The first-order valence-corrected chi connectivity index (χ1v) is 13.6. The second-order valence-corrected chi connectivity index (χ2v) is 12.5. The summed E-state index contributed by atoms with van der Waals surface area (Å²) < 4.78 is 0. The average molecular weight is 501 g/mol. The Bertz CT molecular complexity index is 710. The molecule has 0 radical (unpaired) electrons. The SMILES string of the molecule is C[C@H](CCC(=O)NCCCN)[C@H]1CC[C@H]2[C@@H]3[C@H](O)C[C@@H]4C[C@H](O)CC[C@]4(C)[C@H]3C[C@H](O)[C@]12C.Cl. The number of hydrogen-bond acceptors (Lipinski definition) is 5. The summed E-state index contributed by atoms with van der Waals surface area (Å²) in [6.45, 7) is 8.14. The Balaban J connectivity index is 0.00000324. The molecule has 0 spiro atoms. The molecule has 0 heterocycles. The number of hydrogen-bond donors (Lipinski definition) is 5. The van der Waals surface area contributed by atoms with Crippen LogP contribution in [0.4, 0.5) is 0 Å². The van der Waals surface area contributed by atoms with Crippen molar-refractivity contribution in [2.75, 3.05) is 13.1 Å². The van der Waals surface area contributed by atoms with Gasteiger partial charge in [0.25, 0.3) is 0 Å². The van der Waals surface area contributed by atoms with Gasteiger partial charge in [-0.15, -0.1) is 12.4 Å². The molecule has 0 bridgehead atoms. The van der Waals surface area contributed by atoms with Crippen molar-refractivity contribution < 1.29 is 20.1 Å². The number of halogens is 1. The largest absolute Gasteiger partial charge is 0.393 e. The van der Waals surface area contributed by atoms with Gasteiger partial charge in [-0.3, -0.25) is 4.79 Å². The molecule has 198 valence electrons. The van der Waals surface area contributed by atoms with Gasteiger partial charge in [0, 0.05) is 13.0 Å². The molecule has 4 aliphatic carbocycles. The average Bonchev–Trinajstić information content (AvgIpc) is 3.13. The second-order valence-electron chi connectivity index (χ2n) is 12.5. The molecule has 4 fully saturated rings. The number of amides is 1. The van der Waals surface area contributed by atoms with Gasteiger partial charge < -0.3 is 26.4 Å². The summed E-state index contributed by atoms with van der Waals surface area (Å²) in [4.78, 5) is 12.2. The lowest BCUT2D eigenvalue weighted by Crippen LogP contribution is -2.62. The van der Waals surface area contributed by atoms with E-state index < -0.39 is 0 Å². The van der Waals surface area contributed by atoms with E-state index in [1.807, 2.05) is 0 Å². The summed E-state index contributed by atoms with van der Waals surface area (Å²) in [6, 6.07) is 0. The Hall–Kier alpha value is -0.400. The van der Waals surface area contributed by atoms with Crippen molar-refractivity contribution in [1.82, 2.24) is 5.32 Å². The van der Waals surface area contributed by atoms with E-state index in [-0.39, 0.29) is 53.4 Å². The van der Waals surface area contributed by atoms with Crippen molar-refractivity contribution in [3.63, 3.8) is 0 Å². The summed E-state index contributed by atoms with van der Waals surface area (Å²) in [7, 11) is 0. The molecule has 11 atom stereocenters. The summed E-state index contributed by atoms with van der Waals surface area (Å²) in [5, 5.41) is 36.2. The molecule has 6 N–H and O–H groups in total. The van der Waals surface area contributed by atoms with Crippen LogP contribution in [-0.4, -0.2) is 52.6 Å². The molecule has 4 saturated carbocycles. The van der Waals surface area contributed by atoms with E-state index in [0.717, 1.165) is 57.8 Å². The highest BCUT2D eigenvalue weighted by atomic mass is 35.5. The molecule has 0 unspecified atom stereocenters. The van der Waals surface area contributed by atoms with Gasteiger partial charge in [0.05, 0.1) is 18.3 Å². The lowest BCUT2D eigenvalue weighted by molar-refractivity contribution is -0.207. The van der Waals surface area contributed by atoms with Crippen molar-refractivity contribution >= 4 is 18.3 Å². The highest BCUT2D eigenvalue weighted by molar-refractivity contribution is 5.85. The molecule has 0 aromatic carbocycles. The van der Waals surface area contributed by atoms with Crippen molar-refractivity contribution in [3.05, 3.63) is 0 Å². The maximum absolute atomic E-state index is 12.2. The lowest BCUT2D eigenvalue weighted by Gasteiger charge is -2.63. The molecule has 0 saturated heterocycles. The number of carbonyl (C=O) groups excluding carboxylic acids is 1. The number of aliphatic hydroxyl groups is 3. The van der Waals surface area contributed by atoms with Gasteiger partial charge in [-0.25, -0.2) is 0 Å². The Morgan fingerprint density at radius 1 is 1.09 bits per heavy atom. The van der Waals surface area contributed by atoms with Crippen molar-refractivity contribution in [2.24, 2.45) is 52.1 Å². The Kier molecular flexibility index (Phi) is 9.05. The second kappa shape index (κ2) is 10.9. The third-order valence-electron chi connectivity index (χ3n) is 11.1. The van der Waals surface area contributed by atoms with Gasteiger partial charge in [-0.05, 0) is 111 Å². The summed E-state index contributed by atoms with van der Waals surface area (Å²) in [5.74, 6) is 2.09. The normalized spacial score (nSPS) is 46.4. The maximum atomic E-state index is 12.2. The zero-order chi connectivity index (χ0) is 24.0. The predicted octanol–water partition coefficient (Wildman–Crippen LogP) is 3.25. The first-order valence-electron chi connectivity index (χ1n) is 13.6. The molecular weight excluding hydrogens is 452 g/mol. The van der Waals surface area contributed by atoms with Gasteiger partial charge in [0.2, 0.25) is 5.91 Å². The first kappa shape index (κ1) is 28.2. The zero-order valence-electron chi connectivity index (χ0n) is 21.4. The zero-order valence-corrected chi connectivity index (χ0v) is 22.2. The molecule has 0 aliphatic heterocycles. The number of nitrogens with one attached hydrogen (secondary N) is 1. The van der Waals surface area contributed by atoms with E-state index in [0.29, 0.717) is 49.1 Å². The van der Waals surface area contributed by atoms with Crippen LogP contribution in [0.3, 0.4) is 0 Å². The molecule has 4 aliphatic rings. The molecule has 0 aromatic rings. The third kappa shape index (κ3) is 4.79. The quantitative estimate of drug-likeness (QED) is 0.344. The van der Waals surface area contributed by atoms with Gasteiger partial charge >= 0.3 is 0 Å². The van der Waals surface area contributed by atoms with Crippen LogP contribution in [0.2, 0.25) is 0 Å². The van der Waals surface area contributed by atoms with Crippen LogP contribution in [-0.2, 0) is 4.79 Å². The first-order chi connectivity index (χ1) is 15.6. The van der Waals surface area contributed by atoms with E-state index >= 15 is 0 Å². The lowest BCUT2D eigenvalue weighted by atomic mass is 9.43. The maximum Gasteiger partial charge on any atom is 0.220 e. The third-order valence-corrected chi connectivity index (χ3v) is 11.1. The number of carbonyl (C=O) groups is 1. The minimum Gasteiger partial charge on any atom is -0.393 e. The van der Waals surface area contributed by atoms with E-state index in [1.54, 1.807) is 0 Å². The fraction of sp³-hybridized carbons (Fsp3) is 0.963. The van der Waals surface area contributed by atoms with Crippen LogP contribution >= 0.6 is 12.4 Å². The fourth-order valence-corrected chi connectivity index (χ4v) is 9.11. The van der Waals surface area contributed by atoms with E-state index in [1.165, 1.54) is 0 Å². The molecule has 34 heavy (non-hydrogen) atoms. The summed E-state index contributed by atoms with van der Waals surface area (Å²) in [5.41, 5.74) is 5.42. The number of aliphatic hydroxyl groups excluding tert-OH is 3. The van der Waals surface area contributed by atoms with Crippen molar-refractivity contribution in [1.29, 1.82) is 0 Å². The molecule has 7 heteroatoms. The Morgan fingerprint density at radius 2 is 1.82 bits per heavy atom. The van der Waals surface area contributed by atoms with Crippen LogP contribution in [0.5, 0.6) is 0 Å². The Morgan fingerprint density at radius 3 is 2.53 bits per heavy atom. The van der Waals surface area contributed by atoms with Crippen LogP contribution < -0.4 is 11.1 Å². The van der Waals surface area contributed by atoms with Crippen LogP contribution in [0.25, 0.3) is 0 Å². The van der Waals surface area contributed by atoms with Gasteiger partial charge in [0.1, 0.15) is 0 Å². The highest BCUT2D eigenvalue weighted by Gasteiger charge is 2.65. The van der Waals surface area contributed by atoms with E-state index in [4.69, 9.17) is 5.73 Å². The molecular formula is C27H49ClN2O4. The van der Waals surface area contributed by atoms with Crippen LogP contribution in [0.1, 0.15) is 85.0 Å². The number of nitrogens with two attached hydrogens (primary N) is 1. The topological polar surface area (TPSA) is 116 Å². The number of fused-ring (bicyclic) bond motifs is 5. The smallest absolute Gasteiger partial charge is 0.220 e. The van der Waals surface area contributed by atoms with E-state index in [9.17, 15) is 20.1 Å². The monoisotopic (exact) mass is 500 g/mol. The van der Waals surface area contributed by atoms with Crippen LogP contribution in [0.15, 0.2) is 0 Å². The van der Waals surface area contributed by atoms with Crippen LogP contribution in [0, 0.1) is 46.3 Å². The fourth-order valence-electron chi connectivity index (χ4n) is 9.11. The molecule has 0 aromatic heterocycles. The summed E-state index contributed by atoms with van der Waals surface area (Å²) >= 11 is 0. The van der Waals surface area contributed by atoms with Crippen molar-refractivity contribution in [2.45, 2.75) is 103 Å². The molecule has 1 amide bonds. The van der Waals surface area contributed by atoms with Gasteiger partial charge in [0.15, 0.2) is 0 Å². The predicted molar refractivity (Wildman–Crippen MR) is 136 cm³/mol. The van der Waals surface area contributed by atoms with Crippen molar-refractivity contribution in [3.8, 4) is 0 Å². The van der Waals surface area contributed by atoms with E-state index in [2.05, 4.69) is 26.1 Å². The minimum atomic E-state index is -0.369. The minimum absolute atomic E-state index is 0. The van der Waals surface area contributed by atoms with Gasteiger partial charge in [-0.2, -0.15) is 0 Å². The number of rotatable bonds is 7. The Labute approximate surface area is 212 Å².